The van der Waals surface area contributed by atoms with Crippen molar-refractivity contribution < 1.29 is 4.79 Å². The van der Waals surface area contributed by atoms with E-state index in [4.69, 9.17) is 0 Å². The highest BCUT2D eigenvalue weighted by atomic mass is 32.2. The molecule has 0 saturated carbocycles. The molecule has 5 nitrogen and oxygen atoms in total. The minimum atomic E-state index is -0.0856. The Hall–Kier alpha value is -3.12. The molecule has 1 aromatic heterocycles. The largest absolute Gasteiger partial charge is 0.325 e. The number of carbonyl (C=O) groups excluding carboxylic acids is 1. The normalized spacial score (nSPS) is 10.9. The summed E-state index contributed by atoms with van der Waals surface area (Å²) in [4.78, 5) is 16.7. The van der Waals surface area contributed by atoms with Gasteiger partial charge in [-0.2, -0.15) is 0 Å². The molecule has 1 amide bonds. The number of anilines is 1. The monoisotopic (exact) mass is 374 g/mol. The van der Waals surface area contributed by atoms with E-state index >= 15 is 0 Å². The van der Waals surface area contributed by atoms with E-state index in [1.807, 2.05) is 73.7 Å². The number of nitrogens with zero attached hydrogens (tertiary/aromatic N) is 2. The lowest BCUT2D eigenvalue weighted by Crippen LogP contribution is -2.14. The van der Waals surface area contributed by atoms with Crippen LogP contribution in [0.3, 0.4) is 0 Å². The van der Waals surface area contributed by atoms with Gasteiger partial charge >= 0.3 is 0 Å². The van der Waals surface area contributed by atoms with Gasteiger partial charge in [-0.05, 0) is 35.4 Å². The molecule has 0 spiro atoms. The van der Waals surface area contributed by atoms with E-state index in [9.17, 15) is 4.79 Å². The van der Waals surface area contributed by atoms with Crippen molar-refractivity contribution in [1.82, 2.24) is 15.2 Å². The van der Waals surface area contributed by atoms with Gasteiger partial charge in [0, 0.05) is 11.3 Å². The van der Waals surface area contributed by atoms with Crippen LogP contribution in [0.15, 0.2) is 71.9 Å². The van der Waals surface area contributed by atoms with Crippen molar-refractivity contribution in [3.05, 3.63) is 72.3 Å². The van der Waals surface area contributed by atoms with Crippen molar-refractivity contribution in [3.63, 3.8) is 0 Å². The average molecular weight is 374 g/mol. The van der Waals surface area contributed by atoms with Gasteiger partial charge in [-0.1, -0.05) is 66.4 Å². The first-order valence-corrected chi connectivity index (χ1v) is 9.57. The second-order valence-electron chi connectivity index (χ2n) is 6.18. The van der Waals surface area contributed by atoms with Crippen LogP contribution in [-0.2, 0) is 4.79 Å². The SMILES string of the molecule is Cc1ccccc1-c1nc(SCC(=O)Nc2ccc3ccccc3c2)n[nH]1. The maximum Gasteiger partial charge on any atom is 0.234 e. The van der Waals surface area contributed by atoms with E-state index in [1.54, 1.807) is 0 Å². The molecule has 4 aromatic rings. The average Bonchev–Trinajstić information content (AvgIpc) is 3.15. The lowest BCUT2D eigenvalue weighted by Gasteiger charge is -2.05. The second-order valence-corrected chi connectivity index (χ2v) is 7.12. The number of aromatic amines is 1. The van der Waals surface area contributed by atoms with Crippen LogP contribution in [0.4, 0.5) is 5.69 Å². The van der Waals surface area contributed by atoms with E-state index in [-0.39, 0.29) is 11.7 Å². The Morgan fingerprint density at radius 3 is 2.67 bits per heavy atom. The van der Waals surface area contributed by atoms with E-state index < -0.39 is 0 Å². The predicted octanol–water partition coefficient (Wildman–Crippen LogP) is 4.66. The minimum Gasteiger partial charge on any atom is -0.325 e. The van der Waals surface area contributed by atoms with Gasteiger partial charge in [-0.15, -0.1) is 5.10 Å². The van der Waals surface area contributed by atoms with Crippen molar-refractivity contribution >= 4 is 34.1 Å². The van der Waals surface area contributed by atoms with Crippen LogP contribution in [0.5, 0.6) is 0 Å². The summed E-state index contributed by atoms with van der Waals surface area (Å²) in [7, 11) is 0. The number of aromatic nitrogens is 3. The van der Waals surface area contributed by atoms with E-state index in [2.05, 4.69) is 20.5 Å². The molecule has 2 N–H and O–H groups in total. The molecule has 1 heterocycles. The molecule has 0 saturated heterocycles. The molecule has 0 aliphatic rings. The Balaban J connectivity index is 1.38. The fourth-order valence-corrected chi connectivity index (χ4v) is 3.46. The zero-order valence-electron chi connectivity index (χ0n) is 14.8. The molecule has 0 aliphatic heterocycles. The number of H-pyrrole nitrogens is 1. The Morgan fingerprint density at radius 1 is 1.04 bits per heavy atom. The highest BCUT2D eigenvalue weighted by Crippen LogP contribution is 2.23. The van der Waals surface area contributed by atoms with Crippen LogP contribution < -0.4 is 5.32 Å². The number of benzene rings is 3. The number of thioether (sulfide) groups is 1. The summed E-state index contributed by atoms with van der Waals surface area (Å²) in [6, 6.07) is 21.9. The summed E-state index contributed by atoms with van der Waals surface area (Å²) >= 11 is 1.31. The summed E-state index contributed by atoms with van der Waals surface area (Å²) in [6.07, 6.45) is 0. The lowest BCUT2D eigenvalue weighted by atomic mass is 10.1. The molecular weight excluding hydrogens is 356 g/mol. The molecule has 134 valence electrons. The van der Waals surface area contributed by atoms with Gasteiger partial charge in [0.2, 0.25) is 11.1 Å². The fourth-order valence-electron chi connectivity index (χ4n) is 2.86. The van der Waals surface area contributed by atoms with Crippen molar-refractivity contribution in [2.24, 2.45) is 0 Å². The van der Waals surface area contributed by atoms with Crippen LogP contribution in [-0.4, -0.2) is 26.8 Å². The fraction of sp³-hybridized carbons (Fsp3) is 0.0952. The van der Waals surface area contributed by atoms with Crippen molar-refractivity contribution in [1.29, 1.82) is 0 Å². The van der Waals surface area contributed by atoms with Crippen molar-refractivity contribution in [2.45, 2.75) is 12.1 Å². The Kier molecular flexibility index (Phi) is 4.89. The summed E-state index contributed by atoms with van der Waals surface area (Å²) in [5.74, 6) is 0.876. The van der Waals surface area contributed by atoms with Crippen molar-refractivity contribution in [2.75, 3.05) is 11.1 Å². The molecule has 6 heteroatoms. The number of amides is 1. The summed E-state index contributed by atoms with van der Waals surface area (Å²) in [5, 5.41) is 12.9. The first kappa shape index (κ1) is 17.3. The van der Waals surface area contributed by atoms with Gasteiger partial charge < -0.3 is 5.32 Å². The van der Waals surface area contributed by atoms with Gasteiger partial charge in [-0.3, -0.25) is 9.89 Å². The standard InChI is InChI=1S/C21H18N4OS/c1-14-6-2-5-9-18(14)20-23-21(25-24-20)27-13-19(26)22-17-11-10-15-7-3-4-8-16(15)12-17/h2-12H,13H2,1H3,(H,22,26)(H,23,24,25). The molecule has 0 atom stereocenters. The number of hydrogen-bond donors (Lipinski definition) is 2. The second kappa shape index (κ2) is 7.63. The van der Waals surface area contributed by atoms with E-state index in [1.165, 1.54) is 11.8 Å². The third-order valence-electron chi connectivity index (χ3n) is 4.23. The Labute approximate surface area is 161 Å². The van der Waals surface area contributed by atoms with Crippen LogP contribution in [0.25, 0.3) is 22.2 Å². The number of rotatable bonds is 5. The maximum absolute atomic E-state index is 12.3. The molecule has 0 fully saturated rings. The predicted molar refractivity (Wildman–Crippen MR) is 110 cm³/mol. The molecule has 3 aromatic carbocycles. The summed E-state index contributed by atoms with van der Waals surface area (Å²) < 4.78 is 0. The van der Waals surface area contributed by atoms with E-state index in [0.717, 1.165) is 27.6 Å². The molecule has 27 heavy (non-hydrogen) atoms. The first-order valence-electron chi connectivity index (χ1n) is 8.59. The minimum absolute atomic E-state index is 0.0856. The number of hydrogen-bond acceptors (Lipinski definition) is 4. The third-order valence-corrected chi connectivity index (χ3v) is 5.08. The van der Waals surface area contributed by atoms with Gasteiger partial charge in [-0.25, -0.2) is 4.98 Å². The van der Waals surface area contributed by atoms with Crippen LogP contribution >= 0.6 is 11.8 Å². The number of nitrogens with one attached hydrogen (secondary N) is 2. The maximum atomic E-state index is 12.3. The van der Waals surface area contributed by atoms with Crippen LogP contribution in [0.1, 0.15) is 5.56 Å². The smallest absolute Gasteiger partial charge is 0.234 e. The first-order chi connectivity index (χ1) is 13.2. The van der Waals surface area contributed by atoms with Gasteiger partial charge in [0.15, 0.2) is 5.82 Å². The highest BCUT2D eigenvalue weighted by molar-refractivity contribution is 7.99. The van der Waals surface area contributed by atoms with Gasteiger partial charge in [0.1, 0.15) is 0 Å². The number of fused-ring (bicyclic) bond motifs is 1. The zero-order valence-corrected chi connectivity index (χ0v) is 15.6. The zero-order chi connectivity index (χ0) is 18.6. The molecular formula is C21H18N4OS. The molecule has 0 bridgehead atoms. The van der Waals surface area contributed by atoms with Gasteiger partial charge in [0.05, 0.1) is 5.75 Å². The summed E-state index contributed by atoms with van der Waals surface area (Å²) in [5.41, 5.74) is 2.92. The van der Waals surface area contributed by atoms with Crippen LogP contribution in [0, 0.1) is 6.92 Å². The molecule has 0 aliphatic carbocycles. The Morgan fingerprint density at radius 2 is 1.81 bits per heavy atom. The number of aryl methyl sites for hydroxylation is 1. The molecule has 4 rings (SSSR count). The van der Waals surface area contributed by atoms with E-state index in [0.29, 0.717) is 11.0 Å². The summed E-state index contributed by atoms with van der Waals surface area (Å²) in [6.45, 7) is 2.03. The lowest BCUT2D eigenvalue weighted by molar-refractivity contribution is -0.113. The molecule has 0 radical (unpaired) electrons. The topological polar surface area (TPSA) is 70.7 Å². The third kappa shape index (κ3) is 4.01. The quantitative estimate of drug-likeness (QED) is 0.498. The molecule has 0 unspecified atom stereocenters. The highest BCUT2D eigenvalue weighted by Gasteiger charge is 2.10. The number of carbonyl (C=O) groups is 1. The van der Waals surface area contributed by atoms with Gasteiger partial charge in [0.25, 0.3) is 0 Å². The van der Waals surface area contributed by atoms with Crippen molar-refractivity contribution in [3.8, 4) is 11.4 Å². The Bertz CT molecular complexity index is 1110. The van der Waals surface area contributed by atoms with Crippen LogP contribution in [0.2, 0.25) is 0 Å².